The van der Waals surface area contributed by atoms with E-state index in [-0.39, 0.29) is 0 Å². The first kappa shape index (κ1) is 23.3. The quantitative estimate of drug-likeness (QED) is 0.550. The predicted molar refractivity (Wildman–Crippen MR) is 61.0 cm³/mol. The van der Waals surface area contributed by atoms with Gasteiger partial charge in [0, 0.05) is 21.1 Å². The molecule has 0 bridgehead atoms. The van der Waals surface area contributed by atoms with Crippen molar-refractivity contribution in [2.24, 2.45) is 0 Å². The molecule has 6 heteroatoms. The number of hydrogen-bond acceptors (Lipinski definition) is 3. The number of amides is 3. The van der Waals surface area contributed by atoms with E-state index >= 15 is 0 Å². The lowest BCUT2D eigenvalue weighted by Gasteiger charge is -1.64. The van der Waals surface area contributed by atoms with Crippen molar-refractivity contribution in [1.82, 2.24) is 16.0 Å². The molecule has 1 radical (unpaired) electrons. The molecule has 0 atom stereocenters. The van der Waals surface area contributed by atoms with E-state index in [0.717, 1.165) is 6.42 Å². The van der Waals surface area contributed by atoms with Gasteiger partial charge in [0.05, 0.1) is 0 Å². The van der Waals surface area contributed by atoms with Crippen LogP contribution < -0.4 is 16.0 Å². The van der Waals surface area contributed by atoms with Gasteiger partial charge in [0.2, 0.25) is 19.2 Å². The van der Waals surface area contributed by atoms with Crippen molar-refractivity contribution in [3.05, 3.63) is 6.92 Å². The molecule has 0 saturated carbocycles. The number of hydrogen-bond donors (Lipinski definition) is 3. The molecule has 0 aromatic rings. The summed E-state index contributed by atoms with van der Waals surface area (Å²) in [5.74, 6) is 0. The summed E-state index contributed by atoms with van der Waals surface area (Å²) in [4.78, 5) is 27.2. The summed E-state index contributed by atoms with van der Waals surface area (Å²) in [6.07, 6.45) is 2.88. The molecule has 0 aromatic heterocycles. The molecule has 3 N–H and O–H groups in total. The van der Waals surface area contributed by atoms with E-state index in [2.05, 4.69) is 22.9 Å². The maximum atomic E-state index is 9.06. The molecule has 0 aromatic carbocycles. The molecule has 0 aliphatic carbocycles. The Bertz CT molecular complexity index is 91.8. The van der Waals surface area contributed by atoms with Gasteiger partial charge in [-0.3, -0.25) is 14.4 Å². The van der Waals surface area contributed by atoms with Crippen LogP contribution in [0.1, 0.15) is 13.3 Å². The highest BCUT2D eigenvalue weighted by molar-refractivity contribution is 5.45. The normalized spacial score (nSPS) is 5.40. The molecule has 91 valence electrons. The topological polar surface area (TPSA) is 87.3 Å². The van der Waals surface area contributed by atoms with Crippen molar-refractivity contribution in [1.29, 1.82) is 0 Å². The van der Waals surface area contributed by atoms with Crippen molar-refractivity contribution >= 4 is 19.2 Å². The highest BCUT2D eigenvalue weighted by atomic mass is 16.1. The van der Waals surface area contributed by atoms with E-state index in [9.17, 15) is 0 Å². The van der Waals surface area contributed by atoms with Crippen molar-refractivity contribution < 1.29 is 14.4 Å². The van der Waals surface area contributed by atoms with Gasteiger partial charge in [0.15, 0.2) is 0 Å². The van der Waals surface area contributed by atoms with E-state index in [1.165, 1.54) is 0 Å². The van der Waals surface area contributed by atoms with Gasteiger partial charge >= 0.3 is 0 Å². The van der Waals surface area contributed by atoms with Gasteiger partial charge in [0.1, 0.15) is 0 Å². The second kappa shape index (κ2) is 55.2. The maximum Gasteiger partial charge on any atom is 0.206 e. The second-order valence-corrected chi connectivity index (χ2v) is 1.72. The van der Waals surface area contributed by atoms with Crippen LogP contribution in [0.2, 0.25) is 0 Å². The highest BCUT2D eigenvalue weighted by Gasteiger charge is 1.43. The Kier molecular flexibility index (Phi) is 85.8. The third-order valence-electron chi connectivity index (χ3n) is 0.354. The number of nitrogens with one attached hydrogen (secondary N) is 3. The van der Waals surface area contributed by atoms with Crippen LogP contribution >= 0.6 is 0 Å². The lowest BCUT2D eigenvalue weighted by molar-refractivity contribution is -0.109. The monoisotopic (exact) mass is 220 g/mol. The zero-order chi connectivity index (χ0) is 12.9. The zero-order valence-electron chi connectivity index (χ0n) is 9.87. The molecule has 0 unspecified atom stereocenters. The molecule has 15 heavy (non-hydrogen) atoms. The summed E-state index contributed by atoms with van der Waals surface area (Å²) < 4.78 is 0. The fourth-order valence-electron chi connectivity index (χ4n) is 0. The maximum absolute atomic E-state index is 9.06. The molecule has 0 spiro atoms. The minimum atomic E-state index is 0.625. The molecular weight excluding hydrogens is 198 g/mol. The van der Waals surface area contributed by atoms with Crippen LogP contribution in [0.25, 0.3) is 0 Å². The first-order valence-electron chi connectivity index (χ1n) is 4.28. The van der Waals surface area contributed by atoms with Crippen LogP contribution in [0.15, 0.2) is 0 Å². The fraction of sp³-hybridized carbons (Fsp3) is 0.556. The van der Waals surface area contributed by atoms with Gasteiger partial charge in [-0.15, -0.1) is 0 Å². The predicted octanol–water partition coefficient (Wildman–Crippen LogP) is -0.683. The highest BCUT2D eigenvalue weighted by Crippen LogP contribution is 1.54. The van der Waals surface area contributed by atoms with E-state index in [0.29, 0.717) is 19.2 Å². The largest absolute Gasteiger partial charge is 0.362 e. The van der Waals surface area contributed by atoms with Gasteiger partial charge in [0.25, 0.3) is 0 Å². The molecule has 0 saturated heterocycles. The molecular formula is C9H22N3O3. The molecule has 0 aliphatic rings. The summed E-state index contributed by atoms with van der Waals surface area (Å²) >= 11 is 0. The molecule has 0 aliphatic heterocycles. The Hall–Kier alpha value is -1.59. The second-order valence-electron chi connectivity index (χ2n) is 1.72. The lowest BCUT2D eigenvalue weighted by atomic mass is 10.6. The average Bonchev–Trinajstić information content (AvgIpc) is 2.30. The van der Waals surface area contributed by atoms with Crippen molar-refractivity contribution in [2.45, 2.75) is 13.3 Å². The number of carbonyl (C=O) groups excluding carboxylic acids is 3. The Morgan fingerprint density at radius 2 is 0.933 bits per heavy atom. The third kappa shape index (κ3) is 676. The Morgan fingerprint density at radius 3 is 0.933 bits per heavy atom. The summed E-state index contributed by atoms with van der Waals surface area (Å²) in [7, 11) is 4.69. The van der Waals surface area contributed by atoms with Crippen LogP contribution in [-0.4, -0.2) is 40.4 Å². The van der Waals surface area contributed by atoms with Gasteiger partial charge in [-0.25, -0.2) is 0 Å². The van der Waals surface area contributed by atoms with Crippen molar-refractivity contribution in [3.63, 3.8) is 0 Å². The first-order valence-corrected chi connectivity index (χ1v) is 4.28. The van der Waals surface area contributed by atoms with E-state index in [4.69, 9.17) is 14.4 Å². The number of rotatable bonds is 3. The van der Waals surface area contributed by atoms with Gasteiger partial charge in [-0.1, -0.05) is 20.3 Å². The van der Waals surface area contributed by atoms with Gasteiger partial charge in [-0.05, 0) is 0 Å². The van der Waals surface area contributed by atoms with E-state index < -0.39 is 0 Å². The molecule has 0 rings (SSSR count). The van der Waals surface area contributed by atoms with Gasteiger partial charge in [-0.2, -0.15) is 0 Å². The molecule has 6 nitrogen and oxygen atoms in total. The summed E-state index contributed by atoms with van der Waals surface area (Å²) in [6.45, 7) is 5.50. The van der Waals surface area contributed by atoms with Crippen LogP contribution in [-0.2, 0) is 14.4 Å². The third-order valence-corrected chi connectivity index (χ3v) is 0.354. The zero-order valence-corrected chi connectivity index (χ0v) is 9.87. The minimum Gasteiger partial charge on any atom is -0.362 e. The van der Waals surface area contributed by atoms with Crippen LogP contribution in [0.3, 0.4) is 0 Å². The van der Waals surface area contributed by atoms with Gasteiger partial charge < -0.3 is 16.0 Å². The Balaban J connectivity index is -0.0000000542. The summed E-state index contributed by atoms with van der Waals surface area (Å²) in [5, 5.41) is 6.75. The molecule has 3 amide bonds. The number of carbonyl (C=O) groups is 3. The minimum absolute atomic E-state index is 0.625. The first-order chi connectivity index (χ1) is 7.16. The Morgan fingerprint density at radius 1 is 0.867 bits per heavy atom. The Labute approximate surface area is 91.8 Å². The average molecular weight is 220 g/mol. The van der Waals surface area contributed by atoms with E-state index in [1.807, 2.05) is 6.92 Å². The fourth-order valence-corrected chi connectivity index (χ4v) is 0. The molecule has 0 fully saturated rings. The summed E-state index contributed by atoms with van der Waals surface area (Å²) in [6, 6.07) is 0. The van der Waals surface area contributed by atoms with Crippen LogP contribution in [0.4, 0.5) is 0 Å². The SMILES string of the molecule is CNC=O.CNC=O.CNC=O.[CH2]CC. The smallest absolute Gasteiger partial charge is 0.206 e. The van der Waals surface area contributed by atoms with Crippen LogP contribution in [0.5, 0.6) is 0 Å². The summed E-state index contributed by atoms with van der Waals surface area (Å²) in [5.41, 5.74) is 0. The molecule has 0 heterocycles. The van der Waals surface area contributed by atoms with Crippen LogP contribution in [0, 0.1) is 6.92 Å². The lowest BCUT2D eigenvalue weighted by Crippen LogP contribution is -1.98. The van der Waals surface area contributed by atoms with E-state index in [1.54, 1.807) is 21.1 Å². The van der Waals surface area contributed by atoms with Crippen molar-refractivity contribution in [3.8, 4) is 0 Å². The standard InChI is InChI=1S/C3H7.3C2H5NO/c1-3-2;3*1-3-2-4/h1,3H2,2H3;3*2H,1H3,(H,3,4). The van der Waals surface area contributed by atoms with Crippen molar-refractivity contribution in [2.75, 3.05) is 21.1 Å².